The number of benzene rings is 1. The van der Waals surface area contributed by atoms with Crippen LogP contribution in [0.15, 0.2) is 30.3 Å². The third-order valence-corrected chi connectivity index (χ3v) is 4.90. The van der Waals surface area contributed by atoms with E-state index in [0.29, 0.717) is 5.69 Å². The molecule has 0 saturated carbocycles. The van der Waals surface area contributed by atoms with Crippen LogP contribution in [0.3, 0.4) is 0 Å². The summed E-state index contributed by atoms with van der Waals surface area (Å²) in [5.74, 6) is 0.862. The minimum absolute atomic E-state index is 0. The molecule has 0 bridgehead atoms. The van der Waals surface area contributed by atoms with Crippen molar-refractivity contribution in [3.05, 3.63) is 47.3 Å². The molecule has 1 aromatic heterocycles. The minimum atomic E-state index is 0. The Hall–Kier alpha value is -2.05. The topological polar surface area (TPSA) is 59.4 Å². The van der Waals surface area contributed by atoms with Crippen molar-refractivity contribution in [2.75, 3.05) is 20.2 Å². The van der Waals surface area contributed by atoms with E-state index < -0.39 is 0 Å². The zero-order valence-corrected chi connectivity index (χ0v) is 15.1. The van der Waals surface area contributed by atoms with E-state index in [1.807, 2.05) is 33.8 Å². The Kier molecular flexibility index (Phi) is 5.30. The van der Waals surface area contributed by atoms with Gasteiger partial charge in [-0.25, -0.2) is 0 Å². The largest absolute Gasteiger partial charge is 0.496 e. The summed E-state index contributed by atoms with van der Waals surface area (Å²) in [6.45, 7) is 3.26. The second kappa shape index (κ2) is 7.45. The third kappa shape index (κ3) is 3.24. The number of carbonyl (C=O) groups is 1. The summed E-state index contributed by atoms with van der Waals surface area (Å²) < 4.78 is 7.43. The molecule has 1 aromatic carbocycles. The van der Waals surface area contributed by atoms with Gasteiger partial charge in [-0.3, -0.25) is 9.48 Å². The van der Waals surface area contributed by atoms with Crippen molar-refractivity contribution in [1.29, 1.82) is 0 Å². The number of hydrogen-bond acceptors (Lipinski definition) is 4. The molecule has 1 fully saturated rings. The standard InChI is InChI=1S/C18H22N4O2.ClH/c1-24-17-7-3-2-5-14(17)16-6-4-9-21(16)18(23)15-11-13-12-19-8-10-22(13)20-15;/h2-3,5,7,11,16,19H,4,6,8-10,12H2,1H3;1H. The number of hydrogen-bond donors (Lipinski definition) is 1. The van der Waals surface area contributed by atoms with E-state index in [0.717, 1.165) is 56.0 Å². The zero-order chi connectivity index (χ0) is 16.5. The highest BCUT2D eigenvalue weighted by Crippen LogP contribution is 2.37. The minimum Gasteiger partial charge on any atom is -0.496 e. The normalized spacial score (nSPS) is 19.2. The fraction of sp³-hybridized carbons (Fsp3) is 0.444. The second-order valence-corrected chi connectivity index (χ2v) is 6.32. The number of rotatable bonds is 3. The molecule has 134 valence electrons. The molecule has 0 aliphatic carbocycles. The van der Waals surface area contributed by atoms with Gasteiger partial charge in [0, 0.05) is 25.2 Å². The first-order chi connectivity index (χ1) is 11.8. The van der Waals surface area contributed by atoms with Crippen molar-refractivity contribution in [2.45, 2.75) is 32.0 Å². The van der Waals surface area contributed by atoms with E-state index in [9.17, 15) is 4.79 Å². The van der Waals surface area contributed by atoms with Crippen LogP contribution in [-0.4, -0.2) is 40.8 Å². The first-order valence-electron chi connectivity index (χ1n) is 8.49. The molecule has 1 unspecified atom stereocenters. The molecule has 6 nitrogen and oxygen atoms in total. The Morgan fingerprint density at radius 3 is 2.96 bits per heavy atom. The molecule has 3 heterocycles. The van der Waals surface area contributed by atoms with Gasteiger partial charge in [-0.1, -0.05) is 18.2 Å². The van der Waals surface area contributed by atoms with Crippen molar-refractivity contribution >= 4 is 18.3 Å². The molecule has 1 atom stereocenters. The summed E-state index contributed by atoms with van der Waals surface area (Å²) >= 11 is 0. The first kappa shape index (κ1) is 17.8. The Balaban J connectivity index is 0.00000182. The lowest BCUT2D eigenvalue weighted by Crippen LogP contribution is -2.31. The van der Waals surface area contributed by atoms with Crippen molar-refractivity contribution in [3.8, 4) is 5.75 Å². The van der Waals surface area contributed by atoms with Gasteiger partial charge in [-0.05, 0) is 25.0 Å². The quantitative estimate of drug-likeness (QED) is 0.910. The number of halogens is 1. The molecule has 7 heteroatoms. The van der Waals surface area contributed by atoms with Crippen LogP contribution in [0.2, 0.25) is 0 Å². The summed E-state index contributed by atoms with van der Waals surface area (Å²) in [6, 6.07) is 9.95. The van der Waals surface area contributed by atoms with Crippen molar-refractivity contribution in [3.63, 3.8) is 0 Å². The summed E-state index contributed by atoms with van der Waals surface area (Å²) in [7, 11) is 1.68. The van der Waals surface area contributed by atoms with E-state index in [4.69, 9.17) is 4.74 Å². The third-order valence-electron chi connectivity index (χ3n) is 4.90. The molecule has 1 N–H and O–H groups in total. The lowest BCUT2D eigenvalue weighted by molar-refractivity contribution is 0.0727. The highest BCUT2D eigenvalue weighted by molar-refractivity contribution is 5.93. The number of methoxy groups -OCH3 is 1. The van der Waals surface area contributed by atoms with Crippen LogP contribution >= 0.6 is 12.4 Å². The second-order valence-electron chi connectivity index (χ2n) is 6.32. The van der Waals surface area contributed by atoms with E-state index >= 15 is 0 Å². The molecule has 25 heavy (non-hydrogen) atoms. The number of amides is 1. The van der Waals surface area contributed by atoms with Gasteiger partial charge in [0.15, 0.2) is 5.69 Å². The summed E-state index contributed by atoms with van der Waals surface area (Å²) in [4.78, 5) is 15.0. The molecule has 1 saturated heterocycles. The number of fused-ring (bicyclic) bond motifs is 1. The van der Waals surface area contributed by atoms with Crippen molar-refractivity contribution in [2.24, 2.45) is 0 Å². The lowest BCUT2D eigenvalue weighted by Gasteiger charge is -2.25. The molecule has 0 radical (unpaired) electrons. The molecule has 4 rings (SSSR count). The number of para-hydroxylation sites is 1. The number of likely N-dealkylation sites (tertiary alicyclic amines) is 1. The maximum atomic E-state index is 13.0. The lowest BCUT2D eigenvalue weighted by atomic mass is 10.0. The van der Waals surface area contributed by atoms with Gasteiger partial charge in [-0.2, -0.15) is 5.10 Å². The van der Waals surface area contributed by atoms with Gasteiger partial charge in [0.05, 0.1) is 25.4 Å². The van der Waals surface area contributed by atoms with Crippen LogP contribution in [0.4, 0.5) is 0 Å². The summed E-state index contributed by atoms with van der Waals surface area (Å²) in [5.41, 5.74) is 2.71. The van der Waals surface area contributed by atoms with Gasteiger partial charge in [0.1, 0.15) is 5.75 Å². The van der Waals surface area contributed by atoms with E-state index in [-0.39, 0.29) is 24.4 Å². The molecule has 2 aromatic rings. The van der Waals surface area contributed by atoms with Crippen molar-refractivity contribution in [1.82, 2.24) is 20.0 Å². The highest BCUT2D eigenvalue weighted by atomic mass is 35.5. The van der Waals surface area contributed by atoms with Gasteiger partial charge < -0.3 is 15.0 Å². The molecule has 0 spiro atoms. The van der Waals surface area contributed by atoms with Gasteiger partial charge >= 0.3 is 0 Å². The maximum absolute atomic E-state index is 13.0. The van der Waals surface area contributed by atoms with Crippen LogP contribution < -0.4 is 10.1 Å². The number of nitrogens with zero attached hydrogens (tertiary/aromatic N) is 3. The molecule has 1 amide bonds. The predicted molar refractivity (Wildman–Crippen MR) is 97.2 cm³/mol. The average molecular weight is 363 g/mol. The smallest absolute Gasteiger partial charge is 0.274 e. The van der Waals surface area contributed by atoms with Crippen LogP contribution in [-0.2, 0) is 13.1 Å². The van der Waals surface area contributed by atoms with Gasteiger partial charge in [-0.15, -0.1) is 12.4 Å². The highest BCUT2D eigenvalue weighted by Gasteiger charge is 2.33. The number of nitrogens with one attached hydrogen (secondary N) is 1. The SMILES string of the molecule is COc1ccccc1C1CCCN1C(=O)c1cc2n(n1)CCNC2.Cl. The predicted octanol–water partition coefficient (Wildman–Crippen LogP) is 2.39. The van der Waals surface area contributed by atoms with Crippen LogP contribution in [0.25, 0.3) is 0 Å². The maximum Gasteiger partial charge on any atom is 0.274 e. The van der Waals surface area contributed by atoms with E-state index in [1.54, 1.807) is 7.11 Å². The van der Waals surface area contributed by atoms with Gasteiger partial charge in [0.2, 0.25) is 0 Å². The van der Waals surface area contributed by atoms with Crippen LogP contribution in [0.5, 0.6) is 5.75 Å². The van der Waals surface area contributed by atoms with Crippen molar-refractivity contribution < 1.29 is 9.53 Å². The molecular formula is C18H23ClN4O2. The van der Waals surface area contributed by atoms with E-state index in [1.165, 1.54) is 0 Å². The number of ether oxygens (including phenoxy) is 1. The monoisotopic (exact) mass is 362 g/mol. The fourth-order valence-corrected chi connectivity index (χ4v) is 3.72. The number of carbonyl (C=O) groups excluding carboxylic acids is 1. The summed E-state index contributed by atoms with van der Waals surface area (Å²) in [6.07, 6.45) is 1.96. The zero-order valence-electron chi connectivity index (χ0n) is 14.3. The number of aromatic nitrogens is 2. The first-order valence-corrected chi connectivity index (χ1v) is 8.49. The molecular weight excluding hydrogens is 340 g/mol. The van der Waals surface area contributed by atoms with Crippen LogP contribution in [0.1, 0.15) is 40.6 Å². The summed E-state index contributed by atoms with van der Waals surface area (Å²) in [5, 5.41) is 7.83. The Labute approximate surface area is 153 Å². The molecule has 2 aliphatic rings. The van der Waals surface area contributed by atoms with Gasteiger partial charge in [0.25, 0.3) is 5.91 Å². The Bertz CT molecular complexity index is 738. The molecule has 2 aliphatic heterocycles. The Morgan fingerprint density at radius 2 is 2.16 bits per heavy atom. The average Bonchev–Trinajstić information content (AvgIpc) is 3.27. The Morgan fingerprint density at radius 1 is 1.32 bits per heavy atom. The van der Waals surface area contributed by atoms with E-state index in [2.05, 4.69) is 16.5 Å². The van der Waals surface area contributed by atoms with Crippen LogP contribution in [0, 0.1) is 0 Å². The fourth-order valence-electron chi connectivity index (χ4n) is 3.72.